The number of aromatic nitrogens is 1. The van der Waals surface area contributed by atoms with E-state index in [4.69, 9.17) is 0 Å². The van der Waals surface area contributed by atoms with Crippen LogP contribution < -0.4 is 10.6 Å². The van der Waals surface area contributed by atoms with Crippen LogP contribution in [0.5, 0.6) is 0 Å². The van der Waals surface area contributed by atoms with Gasteiger partial charge in [0.05, 0.1) is 11.6 Å². The predicted molar refractivity (Wildman–Crippen MR) is 127 cm³/mol. The van der Waals surface area contributed by atoms with E-state index in [1.807, 2.05) is 37.3 Å². The number of thiophene rings is 1. The van der Waals surface area contributed by atoms with E-state index in [1.165, 1.54) is 11.3 Å². The molecule has 0 aliphatic rings. The van der Waals surface area contributed by atoms with Crippen molar-refractivity contribution in [3.63, 3.8) is 0 Å². The molecule has 30 heavy (non-hydrogen) atoms. The summed E-state index contributed by atoms with van der Waals surface area (Å²) in [5, 5.41) is 19.1. The van der Waals surface area contributed by atoms with Gasteiger partial charge in [0.25, 0.3) is 0 Å². The Balaban J connectivity index is 0.00000320. The molecule has 0 radical (unpaired) electrons. The van der Waals surface area contributed by atoms with Gasteiger partial charge in [-0.25, -0.2) is 4.98 Å². The zero-order chi connectivity index (χ0) is 20.9. The Morgan fingerprint density at radius 1 is 1.27 bits per heavy atom. The number of halogens is 4. The maximum atomic E-state index is 12.6. The fourth-order valence-corrected chi connectivity index (χ4v) is 4.47. The predicted octanol–water partition coefficient (Wildman–Crippen LogP) is 4.83. The highest BCUT2D eigenvalue weighted by molar-refractivity contribution is 14.0. The zero-order valence-electron chi connectivity index (χ0n) is 16.1. The molecule has 0 fully saturated rings. The largest absolute Gasteiger partial charge is 0.434 e. The summed E-state index contributed by atoms with van der Waals surface area (Å²) in [4.78, 5) is 8.84. The average Bonchev–Trinajstić information content (AvgIpc) is 3.32. The summed E-state index contributed by atoms with van der Waals surface area (Å²) in [7, 11) is 0. The van der Waals surface area contributed by atoms with E-state index >= 15 is 0 Å². The molecule has 0 saturated heterocycles. The first-order chi connectivity index (χ1) is 13.9. The summed E-state index contributed by atoms with van der Waals surface area (Å²) in [6, 6.07) is 9.88. The molecule has 2 aromatic heterocycles. The molecular weight excluding hydrogens is 548 g/mol. The van der Waals surface area contributed by atoms with Crippen LogP contribution >= 0.6 is 46.7 Å². The molecule has 0 aliphatic carbocycles. The minimum absolute atomic E-state index is 0. The third kappa shape index (κ3) is 6.79. The standard InChI is InChI=1S/C19H21F3N4OS2.HI/c1-2-23-18(24-8-7-17-26-16(11-28-17)19(20,21)22)25-10-13(27)15-9-12-5-3-4-6-14(12)29-15;/h3-6,9,11,13,27H,2,7-8,10H2,1H3,(H2,23,24,25);1H. The van der Waals surface area contributed by atoms with Crippen molar-refractivity contribution in [3.05, 3.63) is 51.3 Å². The number of thiazole rings is 1. The van der Waals surface area contributed by atoms with E-state index in [1.54, 1.807) is 0 Å². The molecule has 2 heterocycles. The molecule has 0 spiro atoms. The lowest BCUT2D eigenvalue weighted by Crippen LogP contribution is -2.38. The summed E-state index contributed by atoms with van der Waals surface area (Å²) >= 11 is 2.52. The number of hydrogen-bond donors (Lipinski definition) is 3. The maximum Gasteiger partial charge on any atom is 0.434 e. The summed E-state index contributed by atoms with van der Waals surface area (Å²) in [6.07, 6.45) is -4.79. The van der Waals surface area contributed by atoms with E-state index in [2.05, 4.69) is 20.6 Å². The van der Waals surface area contributed by atoms with E-state index in [0.717, 1.165) is 31.7 Å². The Kier molecular flexibility index (Phi) is 9.31. The molecule has 0 bridgehead atoms. The fourth-order valence-electron chi connectivity index (χ4n) is 2.62. The van der Waals surface area contributed by atoms with Crippen LogP contribution in [-0.2, 0) is 12.6 Å². The number of rotatable bonds is 7. The van der Waals surface area contributed by atoms with Gasteiger partial charge in [0.15, 0.2) is 11.7 Å². The monoisotopic (exact) mass is 570 g/mol. The highest BCUT2D eigenvalue weighted by atomic mass is 127. The van der Waals surface area contributed by atoms with Crippen molar-refractivity contribution >= 4 is 62.7 Å². The number of fused-ring (bicyclic) bond motifs is 1. The second-order valence-corrected chi connectivity index (χ2v) is 8.28. The van der Waals surface area contributed by atoms with Gasteiger partial charge in [-0.15, -0.1) is 46.7 Å². The summed E-state index contributed by atoms with van der Waals surface area (Å²) in [6.45, 7) is 3.10. The van der Waals surface area contributed by atoms with Crippen LogP contribution in [0.3, 0.4) is 0 Å². The lowest BCUT2D eigenvalue weighted by molar-refractivity contribution is -0.140. The second-order valence-electron chi connectivity index (χ2n) is 6.22. The minimum Gasteiger partial charge on any atom is -0.386 e. The molecule has 3 N–H and O–H groups in total. The quantitative estimate of drug-likeness (QED) is 0.217. The molecule has 164 valence electrons. The normalized spacial score (nSPS) is 13.2. The number of aliphatic hydroxyl groups is 1. The number of hydrogen-bond acceptors (Lipinski definition) is 5. The van der Waals surface area contributed by atoms with Crippen molar-refractivity contribution in [2.45, 2.75) is 25.6 Å². The smallest absolute Gasteiger partial charge is 0.386 e. The van der Waals surface area contributed by atoms with Gasteiger partial charge in [0.1, 0.15) is 6.10 Å². The summed E-state index contributed by atoms with van der Waals surface area (Å²) in [5.41, 5.74) is -0.857. The molecule has 1 atom stereocenters. The molecule has 1 aromatic carbocycles. The van der Waals surface area contributed by atoms with Gasteiger partial charge in [-0.3, -0.25) is 4.99 Å². The molecular formula is C19H22F3IN4OS2. The van der Waals surface area contributed by atoms with Crippen LogP contribution in [0, 0.1) is 0 Å². The van der Waals surface area contributed by atoms with Gasteiger partial charge in [-0.05, 0) is 24.4 Å². The SMILES string of the molecule is CCNC(=NCC(O)c1cc2ccccc2s1)NCCc1nc(C(F)(F)F)cs1.I. The Morgan fingerprint density at radius 3 is 2.70 bits per heavy atom. The average molecular weight is 570 g/mol. The molecule has 11 heteroatoms. The lowest BCUT2D eigenvalue weighted by atomic mass is 10.2. The van der Waals surface area contributed by atoms with Crippen molar-refractivity contribution in [2.75, 3.05) is 19.6 Å². The number of nitrogens with zero attached hydrogens (tertiary/aromatic N) is 2. The number of benzene rings is 1. The summed E-state index contributed by atoms with van der Waals surface area (Å²) in [5.74, 6) is 0.500. The number of nitrogens with one attached hydrogen (secondary N) is 2. The van der Waals surface area contributed by atoms with Gasteiger partial charge in [-0.2, -0.15) is 13.2 Å². The van der Waals surface area contributed by atoms with Crippen LogP contribution in [-0.4, -0.2) is 35.7 Å². The van der Waals surface area contributed by atoms with Crippen molar-refractivity contribution in [2.24, 2.45) is 4.99 Å². The van der Waals surface area contributed by atoms with Crippen LogP contribution in [0.25, 0.3) is 10.1 Å². The Morgan fingerprint density at radius 2 is 2.03 bits per heavy atom. The van der Waals surface area contributed by atoms with Crippen LogP contribution in [0.15, 0.2) is 40.7 Å². The molecule has 5 nitrogen and oxygen atoms in total. The van der Waals surface area contributed by atoms with Gasteiger partial charge in [-0.1, -0.05) is 18.2 Å². The topological polar surface area (TPSA) is 69.5 Å². The highest BCUT2D eigenvalue weighted by Gasteiger charge is 2.33. The Hall–Kier alpha value is -1.44. The van der Waals surface area contributed by atoms with E-state index < -0.39 is 18.0 Å². The third-order valence-electron chi connectivity index (χ3n) is 4.01. The molecule has 0 amide bonds. The van der Waals surface area contributed by atoms with Gasteiger partial charge >= 0.3 is 6.18 Å². The highest BCUT2D eigenvalue weighted by Crippen LogP contribution is 2.30. The van der Waals surface area contributed by atoms with Gasteiger partial charge in [0.2, 0.25) is 0 Å². The fraction of sp³-hybridized carbons (Fsp3) is 0.368. The van der Waals surface area contributed by atoms with Gasteiger partial charge < -0.3 is 15.7 Å². The molecule has 0 aliphatic heterocycles. The van der Waals surface area contributed by atoms with Crippen molar-refractivity contribution in [1.29, 1.82) is 0 Å². The number of aliphatic hydroxyl groups excluding tert-OH is 1. The molecule has 1 unspecified atom stereocenters. The van der Waals surface area contributed by atoms with E-state index in [9.17, 15) is 18.3 Å². The second kappa shape index (κ2) is 11.3. The van der Waals surface area contributed by atoms with Crippen molar-refractivity contribution < 1.29 is 18.3 Å². The Labute approximate surface area is 197 Å². The van der Waals surface area contributed by atoms with Crippen LogP contribution in [0.1, 0.15) is 28.6 Å². The van der Waals surface area contributed by atoms with Crippen molar-refractivity contribution in [1.82, 2.24) is 15.6 Å². The number of alkyl halides is 3. The van der Waals surface area contributed by atoms with Crippen LogP contribution in [0.4, 0.5) is 13.2 Å². The third-order valence-corrected chi connectivity index (χ3v) is 6.14. The van der Waals surface area contributed by atoms with Gasteiger partial charge in [0, 0.05) is 34.5 Å². The van der Waals surface area contributed by atoms with Crippen LogP contribution in [0.2, 0.25) is 0 Å². The van der Waals surface area contributed by atoms with E-state index in [0.29, 0.717) is 30.5 Å². The minimum atomic E-state index is -4.42. The molecule has 3 rings (SSSR count). The molecule has 0 saturated carbocycles. The summed E-state index contributed by atoms with van der Waals surface area (Å²) < 4.78 is 38.9. The first kappa shape index (κ1) is 24.8. The van der Waals surface area contributed by atoms with Crippen molar-refractivity contribution in [3.8, 4) is 0 Å². The molecule has 3 aromatic rings. The Bertz CT molecular complexity index is 941. The first-order valence-corrected chi connectivity index (χ1v) is 10.8. The lowest BCUT2D eigenvalue weighted by Gasteiger charge is -2.12. The number of aliphatic imine (C=N–C) groups is 1. The van der Waals surface area contributed by atoms with E-state index in [-0.39, 0.29) is 30.5 Å². The number of guanidine groups is 1. The zero-order valence-corrected chi connectivity index (χ0v) is 20.0. The first-order valence-electron chi connectivity index (χ1n) is 9.07. The maximum absolute atomic E-state index is 12.6.